The summed E-state index contributed by atoms with van der Waals surface area (Å²) in [4.78, 5) is 11.0. The number of esters is 1. The van der Waals surface area contributed by atoms with E-state index < -0.39 is 0 Å². The van der Waals surface area contributed by atoms with Crippen molar-refractivity contribution in [2.45, 2.75) is 128 Å². The third kappa shape index (κ3) is 22.0. The lowest BCUT2D eigenvalue weighted by atomic mass is 10.0. The molecule has 0 bridgehead atoms. The van der Waals surface area contributed by atoms with Crippen LogP contribution in [0.3, 0.4) is 0 Å². The Morgan fingerprint density at radius 3 is 1.08 bits per heavy atom. The lowest BCUT2D eigenvalue weighted by Gasteiger charge is -2.04. The molecule has 0 aromatic rings. The Hall–Kier alpha value is -0.0500. The fraction of sp³-hybridized carbons (Fsp3) is 0.957. The van der Waals surface area contributed by atoms with Crippen molar-refractivity contribution < 1.29 is 9.53 Å². The van der Waals surface area contributed by atoms with Gasteiger partial charge in [-0.3, -0.25) is 4.79 Å². The van der Waals surface area contributed by atoms with Gasteiger partial charge in [-0.15, -0.1) is 0 Å². The van der Waals surface area contributed by atoms with Crippen molar-refractivity contribution in [2.24, 2.45) is 0 Å². The number of carbonyl (C=O) groups excluding carboxylic acids is 1. The average Bonchev–Trinajstić information content (AvgIpc) is 2.66. The Kier molecular flexibility index (Phi) is 22.9. The van der Waals surface area contributed by atoms with Crippen LogP contribution in [-0.2, 0) is 9.53 Å². The van der Waals surface area contributed by atoms with Crippen LogP contribution in [0.4, 0.5) is 0 Å². The molecule has 0 aromatic heterocycles. The third-order valence-electron chi connectivity index (χ3n) is 5.24. The summed E-state index contributed by atoms with van der Waals surface area (Å²) >= 11 is 3.50. The first kappa shape index (κ1) is 26.0. The SMILES string of the molecule is COC(=O)CCCCCCCCCCCCCCCCCCCCCBr. The summed E-state index contributed by atoms with van der Waals surface area (Å²) in [5.74, 6) is -0.0640. The van der Waals surface area contributed by atoms with Crippen LogP contribution in [0, 0.1) is 0 Å². The van der Waals surface area contributed by atoms with Gasteiger partial charge in [0.25, 0.3) is 0 Å². The molecule has 0 saturated heterocycles. The monoisotopic (exact) mass is 432 g/mol. The van der Waals surface area contributed by atoms with Crippen LogP contribution in [0.5, 0.6) is 0 Å². The Balaban J connectivity index is 3.00. The molecule has 0 spiro atoms. The maximum absolute atomic E-state index is 11.0. The van der Waals surface area contributed by atoms with Gasteiger partial charge in [0.2, 0.25) is 0 Å². The molecule has 0 N–H and O–H groups in total. The molecule has 0 heterocycles. The largest absolute Gasteiger partial charge is 0.469 e. The van der Waals surface area contributed by atoms with Crippen molar-refractivity contribution in [3.05, 3.63) is 0 Å². The molecular weight excluding hydrogens is 388 g/mol. The second-order valence-electron chi connectivity index (χ2n) is 7.73. The molecule has 0 aliphatic heterocycles. The van der Waals surface area contributed by atoms with Crippen LogP contribution in [0.15, 0.2) is 0 Å². The number of halogens is 1. The van der Waals surface area contributed by atoms with Crippen LogP contribution in [0.2, 0.25) is 0 Å². The molecule has 0 amide bonds. The predicted molar refractivity (Wildman–Crippen MR) is 118 cm³/mol. The van der Waals surface area contributed by atoms with Crippen molar-refractivity contribution in [2.75, 3.05) is 12.4 Å². The molecule has 3 heteroatoms. The van der Waals surface area contributed by atoms with Crippen molar-refractivity contribution in [1.29, 1.82) is 0 Å². The van der Waals surface area contributed by atoms with Gasteiger partial charge >= 0.3 is 5.97 Å². The predicted octanol–water partition coefficient (Wildman–Crippen LogP) is 8.36. The molecule has 0 aliphatic carbocycles. The fourth-order valence-corrected chi connectivity index (χ4v) is 3.87. The molecule has 2 nitrogen and oxygen atoms in total. The lowest BCUT2D eigenvalue weighted by molar-refractivity contribution is -0.140. The van der Waals surface area contributed by atoms with E-state index in [0.717, 1.165) is 6.42 Å². The Labute approximate surface area is 172 Å². The second kappa shape index (κ2) is 23.0. The average molecular weight is 434 g/mol. The van der Waals surface area contributed by atoms with E-state index in [1.807, 2.05) is 0 Å². The van der Waals surface area contributed by atoms with E-state index in [9.17, 15) is 4.79 Å². The third-order valence-corrected chi connectivity index (χ3v) is 5.80. The van der Waals surface area contributed by atoms with E-state index in [1.165, 1.54) is 128 Å². The number of unbranched alkanes of at least 4 members (excludes halogenated alkanes) is 18. The van der Waals surface area contributed by atoms with E-state index in [4.69, 9.17) is 0 Å². The van der Waals surface area contributed by atoms with Crippen molar-refractivity contribution in [3.8, 4) is 0 Å². The highest BCUT2D eigenvalue weighted by atomic mass is 79.9. The van der Waals surface area contributed by atoms with Gasteiger partial charge in [0.15, 0.2) is 0 Å². The molecule has 0 atom stereocenters. The van der Waals surface area contributed by atoms with Gasteiger partial charge in [0.05, 0.1) is 7.11 Å². The summed E-state index contributed by atoms with van der Waals surface area (Å²) < 4.78 is 4.65. The van der Waals surface area contributed by atoms with Gasteiger partial charge < -0.3 is 4.74 Å². The van der Waals surface area contributed by atoms with E-state index in [-0.39, 0.29) is 5.97 Å². The zero-order valence-corrected chi connectivity index (χ0v) is 19.1. The first-order chi connectivity index (χ1) is 12.8. The van der Waals surface area contributed by atoms with Gasteiger partial charge in [-0.05, 0) is 12.8 Å². The lowest BCUT2D eigenvalue weighted by Crippen LogP contribution is -1.99. The highest BCUT2D eigenvalue weighted by molar-refractivity contribution is 9.09. The van der Waals surface area contributed by atoms with Gasteiger partial charge in [-0.2, -0.15) is 0 Å². The van der Waals surface area contributed by atoms with Gasteiger partial charge in [-0.1, -0.05) is 125 Å². The molecule has 0 saturated carbocycles. The van der Waals surface area contributed by atoms with Crippen LogP contribution in [0.25, 0.3) is 0 Å². The molecule has 26 heavy (non-hydrogen) atoms. The minimum Gasteiger partial charge on any atom is -0.469 e. The highest BCUT2D eigenvalue weighted by Crippen LogP contribution is 2.15. The first-order valence-corrected chi connectivity index (χ1v) is 12.6. The Bertz CT molecular complexity index is 281. The summed E-state index contributed by atoms with van der Waals surface area (Å²) in [6.45, 7) is 0. The first-order valence-electron chi connectivity index (χ1n) is 11.4. The molecule has 0 rings (SSSR count). The maximum Gasteiger partial charge on any atom is 0.305 e. The second-order valence-corrected chi connectivity index (χ2v) is 8.53. The smallest absolute Gasteiger partial charge is 0.305 e. The number of alkyl halides is 1. The van der Waals surface area contributed by atoms with Crippen LogP contribution in [0.1, 0.15) is 128 Å². The number of ether oxygens (including phenoxy) is 1. The molecular formula is C23H45BrO2. The standard InChI is InChI=1S/C23H45BrO2/c1-26-23(25)21-19-17-15-13-11-9-7-5-3-2-4-6-8-10-12-14-16-18-20-22-24/h2-22H2,1H3. The number of hydrogen-bond donors (Lipinski definition) is 0. The number of carbonyl (C=O) groups is 1. The van der Waals surface area contributed by atoms with E-state index in [0.29, 0.717) is 6.42 Å². The summed E-state index contributed by atoms with van der Waals surface area (Å²) in [5, 5.41) is 1.17. The summed E-state index contributed by atoms with van der Waals surface area (Å²) in [5.41, 5.74) is 0. The van der Waals surface area contributed by atoms with E-state index >= 15 is 0 Å². The van der Waals surface area contributed by atoms with Gasteiger partial charge in [0, 0.05) is 11.8 Å². The van der Waals surface area contributed by atoms with E-state index in [1.54, 1.807) is 0 Å². The van der Waals surface area contributed by atoms with E-state index in [2.05, 4.69) is 20.7 Å². The zero-order valence-electron chi connectivity index (χ0n) is 17.5. The molecule has 0 radical (unpaired) electrons. The van der Waals surface area contributed by atoms with Crippen LogP contribution >= 0.6 is 15.9 Å². The molecule has 0 aromatic carbocycles. The fourth-order valence-electron chi connectivity index (χ4n) is 3.47. The quantitative estimate of drug-likeness (QED) is 0.103. The van der Waals surface area contributed by atoms with Gasteiger partial charge in [0.1, 0.15) is 0 Å². The summed E-state index contributed by atoms with van der Waals surface area (Å²) in [6, 6.07) is 0. The molecule has 0 unspecified atom stereocenters. The maximum atomic E-state index is 11.0. The highest BCUT2D eigenvalue weighted by Gasteiger charge is 1.99. The normalized spacial score (nSPS) is 11.0. The van der Waals surface area contributed by atoms with Crippen molar-refractivity contribution in [3.63, 3.8) is 0 Å². The minimum atomic E-state index is -0.0640. The summed E-state index contributed by atoms with van der Waals surface area (Å²) in [6.07, 6.45) is 26.7. The van der Waals surface area contributed by atoms with Gasteiger partial charge in [-0.25, -0.2) is 0 Å². The number of rotatable bonds is 21. The summed E-state index contributed by atoms with van der Waals surface area (Å²) in [7, 11) is 1.47. The van der Waals surface area contributed by atoms with Crippen molar-refractivity contribution >= 4 is 21.9 Å². The molecule has 0 aliphatic rings. The molecule has 156 valence electrons. The number of hydrogen-bond acceptors (Lipinski definition) is 2. The number of methoxy groups -OCH3 is 1. The van der Waals surface area contributed by atoms with Crippen molar-refractivity contribution in [1.82, 2.24) is 0 Å². The zero-order chi connectivity index (χ0) is 19.1. The van der Waals surface area contributed by atoms with Crippen LogP contribution < -0.4 is 0 Å². The topological polar surface area (TPSA) is 26.3 Å². The minimum absolute atomic E-state index is 0.0640. The molecule has 0 fully saturated rings. The Morgan fingerprint density at radius 2 is 0.808 bits per heavy atom. The Morgan fingerprint density at radius 1 is 0.538 bits per heavy atom. The van der Waals surface area contributed by atoms with Crippen LogP contribution in [-0.4, -0.2) is 18.4 Å².